The van der Waals surface area contributed by atoms with Crippen molar-refractivity contribution in [2.75, 3.05) is 11.9 Å². The Morgan fingerprint density at radius 2 is 2.16 bits per heavy atom. The maximum Gasteiger partial charge on any atom is 0.0950 e. The predicted octanol–water partition coefficient (Wildman–Crippen LogP) is 3.87. The molecule has 3 nitrogen and oxygen atoms in total. The second-order valence-electron chi connectivity index (χ2n) is 5.79. The highest BCUT2D eigenvalue weighted by molar-refractivity contribution is 5.90. The smallest absolute Gasteiger partial charge is 0.0950 e. The molecule has 1 aromatic carbocycles. The van der Waals surface area contributed by atoms with Crippen LogP contribution in [0.1, 0.15) is 32.6 Å². The topological polar surface area (TPSA) is 37.8 Å². The molecule has 0 radical (unpaired) electrons. The van der Waals surface area contributed by atoms with Crippen molar-refractivity contribution in [2.24, 2.45) is 11.8 Å². The van der Waals surface area contributed by atoms with E-state index in [-0.39, 0.29) is 0 Å². The van der Waals surface area contributed by atoms with E-state index < -0.39 is 0 Å². The maximum atomic E-state index is 4.16. The number of hydrogen-bond donors (Lipinski definition) is 1. The summed E-state index contributed by atoms with van der Waals surface area (Å²) in [7, 11) is 0. The number of nitrogens with one attached hydrogen (secondary N) is 1. The molecule has 19 heavy (non-hydrogen) atoms. The number of nitrogens with zero attached hydrogens (tertiary/aromatic N) is 2. The van der Waals surface area contributed by atoms with Gasteiger partial charge in [0.05, 0.1) is 17.4 Å². The lowest BCUT2D eigenvalue weighted by atomic mass is 9.82. The van der Waals surface area contributed by atoms with Crippen molar-refractivity contribution >= 4 is 16.6 Å². The third kappa shape index (κ3) is 2.86. The van der Waals surface area contributed by atoms with Gasteiger partial charge in [-0.2, -0.15) is 10.2 Å². The van der Waals surface area contributed by atoms with E-state index in [1.807, 2.05) is 18.3 Å². The highest BCUT2D eigenvalue weighted by atomic mass is 15.1. The fraction of sp³-hybridized carbons (Fsp3) is 0.500. The second kappa shape index (κ2) is 5.55. The van der Waals surface area contributed by atoms with Crippen molar-refractivity contribution in [3.05, 3.63) is 30.5 Å². The average molecular weight is 255 g/mol. The molecule has 0 bridgehead atoms. The summed E-state index contributed by atoms with van der Waals surface area (Å²) in [5.41, 5.74) is 2.08. The van der Waals surface area contributed by atoms with Crippen LogP contribution < -0.4 is 5.32 Å². The van der Waals surface area contributed by atoms with Crippen LogP contribution in [0.4, 0.5) is 5.69 Å². The van der Waals surface area contributed by atoms with Gasteiger partial charge in [0.15, 0.2) is 0 Å². The molecule has 2 aromatic rings. The van der Waals surface area contributed by atoms with Crippen LogP contribution in [-0.4, -0.2) is 16.7 Å². The lowest BCUT2D eigenvalue weighted by Crippen LogP contribution is -2.21. The Balaban J connectivity index is 1.71. The van der Waals surface area contributed by atoms with Crippen LogP contribution in [0.5, 0.6) is 0 Å². The van der Waals surface area contributed by atoms with E-state index in [0.717, 1.165) is 29.6 Å². The summed E-state index contributed by atoms with van der Waals surface area (Å²) in [6.07, 6.45) is 7.32. The van der Waals surface area contributed by atoms with Crippen molar-refractivity contribution < 1.29 is 0 Å². The Bertz CT molecular complexity index is 547. The summed E-state index contributed by atoms with van der Waals surface area (Å²) in [5.74, 6) is 1.68. The van der Waals surface area contributed by atoms with E-state index in [1.54, 1.807) is 0 Å². The molecule has 3 heteroatoms. The van der Waals surface area contributed by atoms with E-state index in [2.05, 4.69) is 34.6 Å². The molecule has 100 valence electrons. The number of rotatable bonds is 3. The minimum Gasteiger partial charge on any atom is -0.383 e. The number of aromatic nitrogens is 2. The Labute approximate surface area is 114 Å². The van der Waals surface area contributed by atoms with Gasteiger partial charge in [0.1, 0.15) is 0 Å². The molecule has 2 unspecified atom stereocenters. The number of hydrogen-bond acceptors (Lipinski definition) is 3. The van der Waals surface area contributed by atoms with E-state index in [0.29, 0.717) is 0 Å². The predicted molar refractivity (Wildman–Crippen MR) is 79.1 cm³/mol. The first kappa shape index (κ1) is 12.4. The summed E-state index contributed by atoms with van der Waals surface area (Å²) in [6, 6.07) is 8.17. The van der Waals surface area contributed by atoms with Gasteiger partial charge in [0, 0.05) is 11.9 Å². The van der Waals surface area contributed by atoms with Crippen molar-refractivity contribution in [1.82, 2.24) is 10.2 Å². The van der Waals surface area contributed by atoms with Crippen LogP contribution >= 0.6 is 0 Å². The number of anilines is 1. The van der Waals surface area contributed by atoms with Crippen molar-refractivity contribution in [2.45, 2.75) is 32.6 Å². The van der Waals surface area contributed by atoms with Gasteiger partial charge in [0.2, 0.25) is 0 Å². The van der Waals surface area contributed by atoms with Gasteiger partial charge in [-0.15, -0.1) is 0 Å². The molecular weight excluding hydrogens is 234 g/mol. The summed E-state index contributed by atoms with van der Waals surface area (Å²) in [6.45, 7) is 3.43. The van der Waals surface area contributed by atoms with Gasteiger partial charge in [-0.1, -0.05) is 38.0 Å². The van der Waals surface area contributed by atoms with Crippen molar-refractivity contribution in [1.29, 1.82) is 0 Å². The quantitative estimate of drug-likeness (QED) is 0.904. The molecular formula is C16H21N3. The molecule has 0 amide bonds. The van der Waals surface area contributed by atoms with Gasteiger partial charge in [-0.25, -0.2) is 0 Å². The number of fused-ring (bicyclic) bond motifs is 1. The fourth-order valence-corrected chi connectivity index (χ4v) is 3.15. The van der Waals surface area contributed by atoms with E-state index in [1.165, 1.54) is 31.1 Å². The largest absolute Gasteiger partial charge is 0.383 e. The summed E-state index contributed by atoms with van der Waals surface area (Å²) in [5, 5.41) is 13.0. The first-order chi connectivity index (χ1) is 9.33. The molecule has 1 fully saturated rings. The first-order valence-electron chi connectivity index (χ1n) is 7.27. The highest BCUT2D eigenvalue weighted by Crippen LogP contribution is 2.29. The van der Waals surface area contributed by atoms with Gasteiger partial charge >= 0.3 is 0 Å². The zero-order chi connectivity index (χ0) is 13.1. The molecule has 1 aliphatic carbocycles. The van der Waals surface area contributed by atoms with Crippen LogP contribution in [0.15, 0.2) is 30.5 Å². The molecule has 1 aliphatic rings. The fourth-order valence-electron chi connectivity index (χ4n) is 3.15. The van der Waals surface area contributed by atoms with Crippen molar-refractivity contribution in [3.63, 3.8) is 0 Å². The second-order valence-corrected chi connectivity index (χ2v) is 5.79. The van der Waals surface area contributed by atoms with Crippen LogP contribution in [0.3, 0.4) is 0 Å². The van der Waals surface area contributed by atoms with Crippen LogP contribution in [-0.2, 0) is 0 Å². The van der Waals surface area contributed by atoms with Crippen LogP contribution in [0, 0.1) is 11.8 Å². The normalized spacial score (nSPS) is 23.4. The lowest BCUT2D eigenvalue weighted by molar-refractivity contribution is 0.293. The standard InChI is InChI=1S/C16H21N3/c1-12-5-4-6-13(9-12)10-17-16-11-18-19-15-8-3-2-7-14(15)16/h2-3,7-8,11-13H,4-6,9-10H2,1H3,(H,17,19). The molecule has 1 aromatic heterocycles. The highest BCUT2D eigenvalue weighted by Gasteiger charge is 2.18. The summed E-state index contributed by atoms with van der Waals surface area (Å²) in [4.78, 5) is 0. The van der Waals surface area contributed by atoms with Gasteiger partial charge in [-0.3, -0.25) is 0 Å². The Morgan fingerprint density at radius 3 is 3.05 bits per heavy atom. The lowest BCUT2D eigenvalue weighted by Gasteiger charge is -2.27. The van der Waals surface area contributed by atoms with E-state index >= 15 is 0 Å². The molecule has 3 rings (SSSR count). The van der Waals surface area contributed by atoms with Crippen LogP contribution in [0.2, 0.25) is 0 Å². The van der Waals surface area contributed by atoms with Gasteiger partial charge in [-0.05, 0) is 30.7 Å². The third-order valence-electron chi connectivity index (χ3n) is 4.17. The molecule has 0 aliphatic heterocycles. The van der Waals surface area contributed by atoms with Gasteiger partial charge in [0.25, 0.3) is 0 Å². The Morgan fingerprint density at radius 1 is 1.26 bits per heavy atom. The Hall–Kier alpha value is -1.64. The summed E-state index contributed by atoms with van der Waals surface area (Å²) < 4.78 is 0. The average Bonchev–Trinajstić information content (AvgIpc) is 2.45. The monoisotopic (exact) mass is 255 g/mol. The molecule has 2 atom stereocenters. The van der Waals surface area contributed by atoms with Crippen LogP contribution in [0.25, 0.3) is 10.9 Å². The molecule has 0 saturated heterocycles. The molecule has 1 saturated carbocycles. The molecule has 1 N–H and O–H groups in total. The first-order valence-corrected chi connectivity index (χ1v) is 7.27. The van der Waals surface area contributed by atoms with Crippen molar-refractivity contribution in [3.8, 4) is 0 Å². The molecule has 1 heterocycles. The zero-order valence-electron chi connectivity index (χ0n) is 11.5. The number of benzene rings is 1. The van der Waals surface area contributed by atoms with E-state index in [9.17, 15) is 0 Å². The third-order valence-corrected chi connectivity index (χ3v) is 4.17. The van der Waals surface area contributed by atoms with E-state index in [4.69, 9.17) is 0 Å². The maximum absolute atomic E-state index is 4.16. The summed E-state index contributed by atoms with van der Waals surface area (Å²) >= 11 is 0. The Kier molecular flexibility index (Phi) is 3.62. The zero-order valence-corrected chi connectivity index (χ0v) is 11.5. The van der Waals surface area contributed by atoms with Gasteiger partial charge < -0.3 is 5.32 Å². The molecule has 0 spiro atoms. The SMILES string of the molecule is CC1CCCC(CNc2cnnc3ccccc23)C1. The minimum absolute atomic E-state index is 0.802. The minimum atomic E-state index is 0.802.